The highest BCUT2D eigenvalue weighted by Gasteiger charge is 2.05. The molecule has 0 aliphatic rings. The molecule has 0 saturated heterocycles. The molecule has 0 unspecified atom stereocenters. The summed E-state index contributed by atoms with van der Waals surface area (Å²) >= 11 is 5.66. The van der Waals surface area contributed by atoms with E-state index in [-0.39, 0.29) is 5.69 Å². The molecule has 0 aliphatic carbocycles. The summed E-state index contributed by atoms with van der Waals surface area (Å²) in [6.07, 6.45) is 0. The van der Waals surface area contributed by atoms with Gasteiger partial charge in [0.15, 0.2) is 0 Å². The fourth-order valence-corrected chi connectivity index (χ4v) is 1.58. The largest absolute Gasteiger partial charge is 0.352 e. The summed E-state index contributed by atoms with van der Waals surface area (Å²) in [5.74, 6) is -0.453. The van der Waals surface area contributed by atoms with Gasteiger partial charge in [0, 0.05) is 5.02 Å². The van der Waals surface area contributed by atoms with Crippen LogP contribution in [0.4, 0.5) is 15.8 Å². The smallest absolute Gasteiger partial charge is 0.148 e. The topological polar surface area (TPSA) is 35.8 Å². The lowest BCUT2D eigenvalue weighted by molar-refractivity contribution is 0.632. The highest BCUT2D eigenvalue weighted by molar-refractivity contribution is 6.30. The van der Waals surface area contributed by atoms with E-state index in [9.17, 15) is 4.39 Å². The van der Waals surface area contributed by atoms with E-state index >= 15 is 0 Å². The van der Waals surface area contributed by atoms with E-state index in [4.69, 9.17) is 16.9 Å². The Kier molecular flexibility index (Phi) is 3.27. The van der Waals surface area contributed by atoms with Gasteiger partial charge in [-0.3, -0.25) is 0 Å². The predicted octanol–water partition coefficient (Wildman–Crippen LogP) is 4.09. The molecule has 4 heteroatoms. The van der Waals surface area contributed by atoms with Gasteiger partial charge in [0.1, 0.15) is 11.9 Å². The van der Waals surface area contributed by atoms with Gasteiger partial charge in [-0.25, -0.2) is 4.39 Å². The maximum absolute atomic E-state index is 13.5. The van der Waals surface area contributed by atoms with Crippen LogP contribution in [0.2, 0.25) is 5.02 Å². The molecule has 2 aromatic carbocycles. The molecule has 0 saturated carbocycles. The average Bonchev–Trinajstić information content (AvgIpc) is 2.33. The number of para-hydroxylation sites is 1. The van der Waals surface area contributed by atoms with Crippen LogP contribution in [-0.2, 0) is 0 Å². The minimum atomic E-state index is -0.453. The van der Waals surface area contributed by atoms with Crippen molar-refractivity contribution in [2.45, 2.75) is 0 Å². The molecule has 0 aliphatic heterocycles. The van der Waals surface area contributed by atoms with Crippen molar-refractivity contribution in [3.63, 3.8) is 0 Å². The van der Waals surface area contributed by atoms with Gasteiger partial charge in [-0.15, -0.1) is 0 Å². The molecular weight excluding hydrogens is 239 g/mol. The molecule has 0 heterocycles. The van der Waals surface area contributed by atoms with Gasteiger partial charge in [0.05, 0.1) is 16.9 Å². The van der Waals surface area contributed by atoms with E-state index < -0.39 is 5.82 Å². The summed E-state index contributed by atoms with van der Waals surface area (Å²) in [4.78, 5) is 0. The third-order valence-electron chi connectivity index (χ3n) is 2.25. The lowest BCUT2D eigenvalue weighted by Crippen LogP contribution is -1.95. The molecule has 0 radical (unpaired) electrons. The van der Waals surface area contributed by atoms with Gasteiger partial charge in [-0.1, -0.05) is 23.7 Å². The predicted molar refractivity (Wildman–Crippen MR) is 65.8 cm³/mol. The molecule has 17 heavy (non-hydrogen) atoms. The number of hydrogen-bond acceptors (Lipinski definition) is 2. The highest BCUT2D eigenvalue weighted by Crippen LogP contribution is 2.24. The SMILES string of the molecule is N#Cc1ccccc1Nc1ccc(Cl)cc1F. The number of hydrogen-bond donors (Lipinski definition) is 1. The Morgan fingerprint density at radius 2 is 1.88 bits per heavy atom. The van der Waals surface area contributed by atoms with Gasteiger partial charge in [-0.05, 0) is 30.3 Å². The Morgan fingerprint density at radius 3 is 2.59 bits per heavy atom. The highest BCUT2D eigenvalue weighted by atomic mass is 35.5. The number of nitrogens with zero attached hydrogens (tertiary/aromatic N) is 1. The van der Waals surface area contributed by atoms with Crippen LogP contribution < -0.4 is 5.32 Å². The summed E-state index contributed by atoms with van der Waals surface area (Å²) in [6, 6.07) is 13.3. The zero-order valence-electron chi connectivity index (χ0n) is 8.74. The summed E-state index contributed by atoms with van der Waals surface area (Å²) in [5.41, 5.74) is 1.31. The van der Waals surface area contributed by atoms with Crippen molar-refractivity contribution < 1.29 is 4.39 Å². The van der Waals surface area contributed by atoms with Crippen LogP contribution in [0.1, 0.15) is 5.56 Å². The third-order valence-corrected chi connectivity index (χ3v) is 2.48. The molecule has 2 nitrogen and oxygen atoms in total. The van der Waals surface area contributed by atoms with Gasteiger partial charge >= 0.3 is 0 Å². The van der Waals surface area contributed by atoms with Crippen LogP contribution in [-0.4, -0.2) is 0 Å². The number of halogens is 2. The Morgan fingerprint density at radius 1 is 1.12 bits per heavy atom. The van der Waals surface area contributed by atoms with Crippen LogP contribution in [0.15, 0.2) is 42.5 Å². The second-order valence-corrected chi connectivity index (χ2v) is 3.84. The Balaban J connectivity index is 2.35. The van der Waals surface area contributed by atoms with Crippen molar-refractivity contribution in [1.29, 1.82) is 5.26 Å². The van der Waals surface area contributed by atoms with Crippen molar-refractivity contribution in [2.75, 3.05) is 5.32 Å². The van der Waals surface area contributed by atoms with Crippen molar-refractivity contribution in [2.24, 2.45) is 0 Å². The zero-order valence-corrected chi connectivity index (χ0v) is 9.50. The first-order valence-electron chi connectivity index (χ1n) is 4.92. The Labute approximate surface area is 103 Å². The van der Waals surface area contributed by atoms with Crippen molar-refractivity contribution in [3.8, 4) is 6.07 Å². The standard InChI is InChI=1S/C13H8ClFN2/c14-10-5-6-13(11(15)7-10)17-12-4-2-1-3-9(12)8-16/h1-7,17H. The van der Waals surface area contributed by atoms with Crippen LogP contribution in [0.25, 0.3) is 0 Å². The van der Waals surface area contributed by atoms with Crippen LogP contribution in [0.3, 0.4) is 0 Å². The molecule has 2 aromatic rings. The fourth-order valence-electron chi connectivity index (χ4n) is 1.43. The van der Waals surface area contributed by atoms with Gasteiger partial charge < -0.3 is 5.32 Å². The number of benzene rings is 2. The van der Waals surface area contributed by atoms with Crippen LogP contribution >= 0.6 is 11.6 Å². The first-order chi connectivity index (χ1) is 8.20. The summed E-state index contributed by atoms with van der Waals surface area (Å²) in [5, 5.41) is 12.1. The third kappa shape index (κ3) is 2.55. The van der Waals surface area contributed by atoms with Gasteiger partial charge in [-0.2, -0.15) is 5.26 Å². The summed E-state index contributed by atoms with van der Waals surface area (Å²) < 4.78 is 13.5. The maximum atomic E-state index is 13.5. The maximum Gasteiger partial charge on any atom is 0.148 e. The van der Waals surface area contributed by atoms with Gasteiger partial charge in [0.2, 0.25) is 0 Å². The molecule has 0 aromatic heterocycles. The average molecular weight is 247 g/mol. The lowest BCUT2D eigenvalue weighted by Gasteiger charge is -2.08. The minimum absolute atomic E-state index is 0.289. The first kappa shape index (κ1) is 11.4. The van der Waals surface area contributed by atoms with E-state index in [0.29, 0.717) is 16.3 Å². The van der Waals surface area contributed by atoms with Crippen LogP contribution in [0, 0.1) is 17.1 Å². The molecule has 0 atom stereocenters. The second-order valence-electron chi connectivity index (χ2n) is 3.41. The number of nitrogens with one attached hydrogen (secondary N) is 1. The quantitative estimate of drug-likeness (QED) is 0.866. The van der Waals surface area contributed by atoms with E-state index in [1.54, 1.807) is 30.3 Å². The van der Waals surface area contributed by atoms with Crippen molar-refractivity contribution in [3.05, 3.63) is 58.9 Å². The second kappa shape index (κ2) is 4.86. The fraction of sp³-hybridized carbons (Fsp3) is 0. The molecule has 2 rings (SSSR count). The number of rotatable bonds is 2. The molecule has 1 N–H and O–H groups in total. The zero-order chi connectivity index (χ0) is 12.3. The number of nitriles is 1. The van der Waals surface area contributed by atoms with E-state index in [0.717, 1.165) is 0 Å². The Bertz CT molecular complexity index is 590. The molecular formula is C13H8ClFN2. The first-order valence-corrected chi connectivity index (χ1v) is 5.29. The molecule has 0 fully saturated rings. The van der Waals surface area contributed by atoms with E-state index in [1.165, 1.54) is 12.1 Å². The minimum Gasteiger partial charge on any atom is -0.352 e. The molecule has 0 bridgehead atoms. The van der Waals surface area contributed by atoms with E-state index in [1.807, 2.05) is 6.07 Å². The normalized spacial score (nSPS) is 9.71. The van der Waals surface area contributed by atoms with E-state index in [2.05, 4.69) is 5.32 Å². The van der Waals surface area contributed by atoms with Gasteiger partial charge in [0.25, 0.3) is 0 Å². The lowest BCUT2D eigenvalue weighted by atomic mass is 10.2. The van der Waals surface area contributed by atoms with Crippen molar-refractivity contribution in [1.82, 2.24) is 0 Å². The van der Waals surface area contributed by atoms with Crippen LogP contribution in [0.5, 0.6) is 0 Å². The summed E-state index contributed by atoms with van der Waals surface area (Å²) in [7, 11) is 0. The summed E-state index contributed by atoms with van der Waals surface area (Å²) in [6.45, 7) is 0. The molecule has 0 spiro atoms. The monoisotopic (exact) mass is 246 g/mol. The Hall–Kier alpha value is -2.05. The van der Waals surface area contributed by atoms with Crippen molar-refractivity contribution >= 4 is 23.0 Å². The molecule has 84 valence electrons. The number of anilines is 2. The molecule has 0 amide bonds.